The third-order valence-corrected chi connectivity index (χ3v) is 5.26. The number of halogens is 1. The molecule has 0 saturated heterocycles. The lowest BCUT2D eigenvalue weighted by molar-refractivity contribution is 0.0680. The van der Waals surface area contributed by atoms with E-state index >= 15 is 0 Å². The highest BCUT2D eigenvalue weighted by atomic mass is 35.5. The minimum Gasteiger partial charge on any atom is -0.485 e. The lowest BCUT2D eigenvalue weighted by Gasteiger charge is -2.37. The fourth-order valence-corrected chi connectivity index (χ4v) is 3.76. The smallest absolute Gasteiger partial charge is 0.289 e. The van der Waals surface area contributed by atoms with Gasteiger partial charge in [-0.3, -0.25) is 9.59 Å². The van der Waals surface area contributed by atoms with E-state index in [0.717, 1.165) is 18.0 Å². The van der Waals surface area contributed by atoms with Crippen LogP contribution >= 0.6 is 11.6 Å². The molecule has 1 atom stereocenters. The Morgan fingerprint density at radius 3 is 2.83 bits per heavy atom. The molecule has 0 saturated carbocycles. The van der Waals surface area contributed by atoms with E-state index in [1.54, 1.807) is 19.2 Å². The van der Waals surface area contributed by atoms with Crippen LogP contribution in [0.5, 0.6) is 5.75 Å². The van der Waals surface area contributed by atoms with Gasteiger partial charge in [-0.25, -0.2) is 0 Å². The Hall–Kier alpha value is -2.99. The van der Waals surface area contributed by atoms with E-state index in [0.29, 0.717) is 29.1 Å². The van der Waals surface area contributed by atoms with Crippen molar-refractivity contribution >= 4 is 34.2 Å². The van der Waals surface area contributed by atoms with Gasteiger partial charge in [0.05, 0.1) is 24.2 Å². The second-order valence-electron chi connectivity index (χ2n) is 7.05. The van der Waals surface area contributed by atoms with Crippen LogP contribution in [-0.4, -0.2) is 43.6 Å². The van der Waals surface area contributed by atoms with Crippen molar-refractivity contribution in [2.75, 3.05) is 31.6 Å². The molecule has 150 valence electrons. The quantitative estimate of drug-likeness (QED) is 0.652. The fourth-order valence-electron chi connectivity index (χ4n) is 3.58. The van der Waals surface area contributed by atoms with Crippen molar-refractivity contribution in [2.24, 2.45) is 0 Å². The Labute approximate surface area is 173 Å². The zero-order valence-corrected chi connectivity index (χ0v) is 17.0. The van der Waals surface area contributed by atoms with Gasteiger partial charge in [-0.05, 0) is 37.3 Å². The number of ether oxygens (including phenoxy) is 1. The van der Waals surface area contributed by atoms with Gasteiger partial charge in [0, 0.05) is 24.7 Å². The van der Waals surface area contributed by atoms with Crippen LogP contribution in [0.25, 0.3) is 11.0 Å². The van der Waals surface area contributed by atoms with Crippen molar-refractivity contribution in [1.82, 2.24) is 4.90 Å². The van der Waals surface area contributed by atoms with Crippen molar-refractivity contribution in [3.05, 3.63) is 69.5 Å². The van der Waals surface area contributed by atoms with Crippen LogP contribution in [-0.2, 0) is 0 Å². The second-order valence-corrected chi connectivity index (χ2v) is 7.48. The zero-order valence-electron chi connectivity index (χ0n) is 16.2. The highest BCUT2D eigenvalue weighted by Gasteiger charge is 2.27. The molecule has 4 rings (SSSR count). The SMILES string of the molecule is CCN1C[C@H](CN(C)C(=O)c2cc(=O)c3cc(Cl)ccc3o2)Oc2ccccc21. The number of nitrogens with zero attached hydrogens (tertiary/aromatic N) is 2. The molecule has 1 amide bonds. The zero-order chi connectivity index (χ0) is 20.5. The molecule has 0 N–H and O–H groups in total. The molecule has 2 aromatic carbocycles. The first kappa shape index (κ1) is 19.3. The second kappa shape index (κ2) is 7.79. The number of fused-ring (bicyclic) bond motifs is 2. The van der Waals surface area contributed by atoms with Gasteiger partial charge in [0.15, 0.2) is 11.2 Å². The molecule has 3 aromatic rings. The number of rotatable bonds is 4. The third kappa shape index (κ3) is 3.80. The van der Waals surface area contributed by atoms with E-state index in [4.69, 9.17) is 20.8 Å². The van der Waals surface area contributed by atoms with Crippen LogP contribution in [0.1, 0.15) is 17.5 Å². The van der Waals surface area contributed by atoms with Crippen molar-refractivity contribution in [3.63, 3.8) is 0 Å². The summed E-state index contributed by atoms with van der Waals surface area (Å²) in [5.74, 6) is 0.431. The molecule has 0 unspecified atom stereocenters. The Kier molecular flexibility index (Phi) is 5.20. The van der Waals surface area contributed by atoms with Crippen molar-refractivity contribution in [1.29, 1.82) is 0 Å². The first-order valence-electron chi connectivity index (χ1n) is 9.45. The Balaban J connectivity index is 1.54. The molecule has 1 aliphatic rings. The van der Waals surface area contributed by atoms with Gasteiger partial charge in [0.1, 0.15) is 17.4 Å². The van der Waals surface area contributed by atoms with Gasteiger partial charge >= 0.3 is 0 Å². The summed E-state index contributed by atoms with van der Waals surface area (Å²) in [6.45, 7) is 3.97. The summed E-state index contributed by atoms with van der Waals surface area (Å²) < 4.78 is 11.8. The predicted octanol–water partition coefficient (Wildman–Crippen LogP) is 3.81. The molecule has 7 heteroatoms. The summed E-state index contributed by atoms with van der Waals surface area (Å²) in [6.07, 6.45) is -0.190. The van der Waals surface area contributed by atoms with E-state index in [-0.39, 0.29) is 23.2 Å². The van der Waals surface area contributed by atoms with Crippen molar-refractivity contribution in [2.45, 2.75) is 13.0 Å². The maximum Gasteiger partial charge on any atom is 0.289 e. The molecule has 1 aromatic heterocycles. The van der Waals surface area contributed by atoms with Gasteiger partial charge in [-0.2, -0.15) is 0 Å². The van der Waals surface area contributed by atoms with Crippen LogP contribution in [0, 0.1) is 0 Å². The van der Waals surface area contributed by atoms with Gasteiger partial charge in [-0.1, -0.05) is 23.7 Å². The normalized spacial score (nSPS) is 15.7. The average Bonchev–Trinajstić information content (AvgIpc) is 2.72. The van der Waals surface area contributed by atoms with Gasteiger partial charge in [0.25, 0.3) is 5.91 Å². The molecule has 0 radical (unpaired) electrons. The fraction of sp³-hybridized carbons (Fsp3) is 0.273. The molecular weight excluding hydrogens is 392 g/mol. The number of likely N-dealkylation sites (N-methyl/N-ethyl adjacent to an activating group) is 2. The summed E-state index contributed by atoms with van der Waals surface area (Å²) in [5.41, 5.74) is 1.09. The number of hydrogen-bond donors (Lipinski definition) is 0. The molecule has 0 fully saturated rings. The molecule has 29 heavy (non-hydrogen) atoms. The molecule has 0 spiro atoms. The summed E-state index contributed by atoms with van der Waals surface area (Å²) in [5, 5.41) is 0.790. The maximum absolute atomic E-state index is 12.9. The standard InChI is InChI=1S/C22H21ClN2O4/c1-3-25-13-15(28-20-7-5-4-6-17(20)25)12-24(2)22(27)21-11-18(26)16-10-14(23)8-9-19(16)29-21/h4-11,15H,3,12-13H2,1-2H3/t15-/m0/s1. The number of benzene rings is 2. The summed E-state index contributed by atoms with van der Waals surface area (Å²) >= 11 is 5.94. The number of anilines is 1. The Morgan fingerprint density at radius 2 is 2.03 bits per heavy atom. The largest absolute Gasteiger partial charge is 0.485 e. The maximum atomic E-state index is 12.9. The Bertz CT molecular complexity index is 1130. The van der Waals surface area contributed by atoms with E-state index in [1.807, 2.05) is 24.3 Å². The van der Waals surface area contributed by atoms with Crippen LogP contribution < -0.4 is 15.1 Å². The van der Waals surface area contributed by atoms with E-state index in [9.17, 15) is 9.59 Å². The predicted molar refractivity (Wildman–Crippen MR) is 113 cm³/mol. The van der Waals surface area contributed by atoms with Crippen LogP contribution in [0.4, 0.5) is 5.69 Å². The number of amides is 1. The van der Waals surface area contributed by atoms with E-state index < -0.39 is 0 Å². The molecular formula is C22H21ClN2O4. The summed E-state index contributed by atoms with van der Waals surface area (Å²) in [7, 11) is 1.68. The molecule has 2 heterocycles. The highest BCUT2D eigenvalue weighted by Crippen LogP contribution is 2.33. The molecule has 1 aliphatic heterocycles. The highest BCUT2D eigenvalue weighted by molar-refractivity contribution is 6.31. The van der Waals surface area contributed by atoms with Crippen LogP contribution in [0.15, 0.2) is 57.7 Å². The number of para-hydroxylation sites is 2. The van der Waals surface area contributed by atoms with E-state index in [1.165, 1.54) is 17.0 Å². The minimum absolute atomic E-state index is 0.00382. The Morgan fingerprint density at radius 1 is 1.24 bits per heavy atom. The third-order valence-electron chi connectivity index (χ3n) is 5.03. The average molecular weight is 413 g/mol. The number of hydrogen-bond acceptors (Lipinski definition) is 5. The molecule has 0 bridgehead atoms. The van der Waals surface area contributed by atoms with E-state index in [2.05, 4.69) is 11.8 Å². The lowest BCUT2D eigenvalue weighted by atomic mass is 10.1. The topological polar surface area (TPSA) is 63.0 Å². The van der Waals surface area contributed by atoms with Crippen molar-refractivity contribution in [3.8, 4) is 5.75 Å². The molecule has 0 aliphatic carbocycles. The van der Waals surface area contributed by atoms with Gasteiger partial charge < -0.3 is 19.0 Å². The summed E-state index contributed by atoms with van der Waals surface area (Å²) in [4.78, 5) is 29.0. The monoisotopic (exact) mass is 412 g/mol. The first-order chi connectivity index (χ1) is 14.0. The number of carbonyl (C=O) groups is 1. The van der Waals surface area contributed by atoms with Crippen LogP contribution in [0.2, 0.25) is 5.02 Å². The number of carbonyl (C=O) groups excluding carboxylic acids is 1. The van der Waals surface area contributed by atoms with Crippen molar-refractivity contribution < 1.29 is 13.9 Å². The lowest BCUT2D eigenvalue weighted by Crippen LogP contribution is -2.46. The molecule has 6 nitrogen and oxygen atoms in total. The van der Waals surface area contributed by atoms with Crippen LogP contribution in [0.3, 0.4) is 0 Å². The van der Waals surface area contributed by atoms with Gasteiger partial charge in [0.2, 0.25) is 0 Å². The summed E-state index contributed by atoms with van der Waals surface area (Å²) in [6, 6.07) is 13.8. The van der Waals surface area contributed by atoms with Gasteiger partial charge in [-0.15, -0.1) is 0 Å². The first-order valence-corrected chi connectivity index (χ1v) is 9.83. The minimum atomic E-state index is -0.371.